The minimum absolute atomic E-state index is 0.115. The molecule has 1 fully saturated rings. The van der Waals surface area contributed by atoms with Gasteiger partial charge in [0.1, 0.15) is 0 Å². The average molecular weight is 401 g/mol. The number of likely N-dealkylation sites (tertiary alicyclic amines) is 1. The summed E-state index contributed by atoms with van der Waals surface area (Å²) in [4.78, 5) is 28.1. The van der Waals surface area contributed by atoms with Crippen molar-refractivity contribution in [1.82, 2.24) is 4.90 Å². The Kier molecular flexibility index (Phi) is 7.33. The largest absolute Gasteiger partial charge is 0.332 e. The summed E-state index contributed by atoms with van der Waals surface area (Å²) in [6.45, 7) is 6.29. The molecule has 7 heteroatoms. The van der Waals surface area contributed by atoms with Gasteiger partial charge in [0.05, 0.1) is 17.1 Å². The van der Waals surface area contributed by atoms with E-state index in [1.54, 1.807) is 18.2 Å². The Balaban J connectivity index is 1.94. The molecule has 0 bridgehead atoms. The number of hydrogen-bond acceptors (Lipinski definition) is 2. The molecule has 1 unspecified atom stereocenters. The number of piperidine rings is 1. The number of benzene rings is 1. The number of halogens is 2. The van der Waals surface area contributed by atoms with Gasteiger partial charge in [0.15, 0.2) is 12.6 Å². The number of amides is 2. The van der Waals surface area contributed by atoms with Gasteiger partial charge in [-0.25, -0.2) is 0 Å². The maximum atomic E-state index is 12.9. The molecule has 0 spiro atoms. The molecule has 144 valence electrons. The van der Waals surface area contributed by atoms with E-state index in [0.29, 0.717) is 15.7 Å². The molecule has 1 aromatic carbocycles. The van der Waals surface area contributed by atoms with Gasteiger partial charge < -0.3 is 15.1 Å². The van der Waals surface area contributed by atoms with Crippen LogP contribution in [-0.2, 0) is 9.59 Å². The van der Waals surface area contributed by atoms with Crippen LogP contribution in [0.25, 0.3) is 0 Å². The van der Waals surface area contributed by atoms with Crippen LogP contribution in [0.2, 0.25) is 10.0 Å². The quantitative estimate of drug-likeness (QED) is 0.797. The van der Waals surface area contributed by atoms with Gasteiger partial charge in [0, 0.05) is 17.8 Å². The SMILES string of the molecule is C[C@@H]1CCC[C@H](C)N1C(=O)[C@@H](C)[NH+](C)CC(=O)Nc1ccc(Cl)c(Cl)c1. The summed E-state index contributed by atoms with van der Waals surface area (Å²) in [7, 11) is 1.87. The molecule has 4 atom stereocenters. The zero-order valence-electron chi connectivity index (χ0n) is 15.8. The first kappa shape index (κ1) is 21.0. The highest BCUT2D eigenvalue weighted by Gasteiger charge is 2.35. The van der Waals surface area contributed by atoms with Crippen molar-refractivity contribution in [1.29, 1.82) is 0 Å². The monoisotopic (exact) mass is 400 g/mol. The van der Waals surface area contributed by atoms with Gasteiger partial charge in [-0.15, -0.1) is 0 Å². The lowest BCUT2D eigenvalue weighted by Gasteiger charge is -2.40. The molecular weight excluding hydrogens is 373 g/mol. The van der Waals surface area contributed by atoms with E-state index in [9.17, 15) is 9.59 Å². The number of quaternary nitrogens is 1. The Morgan fingerprint density at radius 2 is 1.85 bits per heavy atom. The van der Waals surface area contributed by atoms with Gasteiger partial charge in [0.2, 0.25) is 0 Å². The van der Waals surface area contributed by atoms with Crippen molar-refractivity contribution in [3.05, 3.63) is 28.2 Å². The standard InChI is InChI=1S/C19H27Cl2N3O2/c1-12-6-5-7-13(2)24(12)19(26)14(3)23(4)11-18(25)22-15-8-9-16(20)17(21)10-15/h8-10,12-14H,5-7,11H2,1-4H3,(H,22,25)/p+1/t12-,13+,14-/m1/s1. The molecule has 1 saturated heterocycles. The van der Waals surface area contributed by atoms with E-state index in [1.807, 2.05) is 18.9 Å². The topological polar surface area (TPSA) is 53.9 Å². The molecule has 0 aromatic heterocycles. The molecule has 0 aliphatic carbocycles. The Hall–Kier alpha value is -1.30. The smallest absolute Gasteiger partial charge is 0.281 e. The van der Waals surface area contributed by atoms with E-state index >= 15 is 0 Å². The fourth-order valence-corrected chi connectivity index (χ4v) is 3.77. The highest BCUT2D eigenvalue weighted by atomic mass is 35.5. The van der Waals surface area contributed by atoms with Gasteiger partial charge in [0.25, 0.3) is 11.8 Å². The molecule has 1 aromatic rings. The van der Waals surface area contributed by atoms with Crippen LogP contribution in [-0.4, -0.2) is 48.4 Å². The number of rotatable bonds is 5. The lowest BCUT2D eigenvalue weighted by molar-refractivity contribution is -0.886. The molecule has 2 N–H and O–H groups in total. The Morgan fingerprint density at radius 3 is 2.42 bits per heavy atom. The lowest BCUT2D eigenvalue weighted by atomic mass is 9.96. The van der Waals surface area contributed by atoms with Crippen LogP contribution in [0.1, 0.15) is 40.0 Å². The predicted octanol–water partition coefficient (Wildman–Crippen LogP) is 2.62. The molecule has 0 saturated carbocycles. The predicted molar refractivity (Wildman–Crippen MR) is 106 cm³/mol. The van der Waals surface area contributed by atoms with E-state index in [-0.39, 0.29) is 36.5 Å². The maximum Gasteiger partial charge on any atom is 0.281 e. The summed E-state index contributed by atoms with van der Waals surface area (Å²) < 4.78 is 0. The van der Waals surface area contributed by atoms with Crippen LogP contribution < -0.4 is 10.2 Å². The number of hydrogen-bond donors (Lipinski definition) is 2. The van der Waals surface area contributed by atoms with Crippen molar-refractivity contribution in [3.63, 3.8) is 0 Å². The third kappa shape index (κ3) is 5.12. The van der Waals surface area contributed by atoms with Crippen LogP contribution in [0.5, 0.6) is 0 Å². The fraction of sp³-hybridized carbons (Fsp3) is 0.579. The molecule has 2 rings (SSSR count). The van der Waals surface area contributed by atoms with Gasteiger partial charge >= 0.3 is 0 Å². The highest BCUT2D eigenvalue weighted by molar-refractivity contribution is 6.42. The zero-order valence-corrected chi connectivity index (χ0v) is 17.3. The van der Waals surface area contributed by atoms with Crippen molar-refractivity contribution < 1.29 is 14.5 Å². The second-order valence-electron chi connectivity index (χ2n) is 7.30. The first-order chi connectivity index (χ1) is 12.2. The van der Waals surface area contributed by atoms with Crippen LogP contribution >= 0.6 is 23.2 Å². The first-order valence-electron chi connectivity index (χ1n) is 9.10. The normalized spacial score (nSPS) is 22.6. The molecule has 5 nitrogen and oxygen atoms in total. The zero-order chi connectivity index (χ0) is 19.4. The van der Waals surface area contributed by atoms with Gasteiger partial charge in [-0.3, -0.25) is 9.59 Å². The Bertz CT molecular complexity index is 658. The summed E-state index contributed by atoms with van der Waals surface area (Å²) >= 11 is 11.9. The van der Waals surface area contributed by atoms with Crippen LogP contribution in [0.15, 0.2) is 18.2 Å². The minimum atomic E-state index is -0.280. The minimum Gasteiger partial charge on any atom is -0.332 e. The van der Waals surface area contributed by atoms with E-state index < -0.39 is 0 Å². The molecule has 26 heavy (non-hydrogen) atoms. The van der Waals surface area contributed by atoms with E-state index in [2.05, 4.69) is 19.2 Å². The molecule has 1 aliphatic rings. The molecule has 1 aliphatic heterocycles. The van der Waals surface area contributed by atoms with E-state index in [4.69, 9.17) is 23.2 Å². The lowest BCUT2D eigenvalue weighted by Crippen LogP contribution is -3.15. The molecule has 1 heterocycles. The third-order valence-electron chi connectivity index (χ3n) is 5.20. The third-order valence-corrected chi connectivity index (χ3v) is 5.94. The first-order valence-corrected chi connectivity index (χ1v) is 9.85. The molecular formula is C19H28Cl2N3O2+. The Labute approximate surface area is 165 Å². The van der Waals surface area contributed by atoms with Crippen LogP contribution in [0.3, 0.4) is 0 Å². The van der Waals surface area contributed by atoms with Crippen LogP contribution in [0.4, 0.5) is 5.69 Å². The van der Waals surface area contributed by atoms with Crippen LogP contribution in [0, 0.1) is 0 Å². The number of nitrogens with one attached hydrogen (secondary N) is 2. The second-order valence-corrected chi connectivity index (χ2v) is 8.11. The summed E-state index contributed by atoms with van der Waals surface area (Å²) in [6, 6.07) is 5.19. The van der Waals surface area contributed by atoms with E-state index in [1.165, 1.54) is 0 Å². The van der Waals surface area contributed by atoms with E-state index in [0.717, 1.165) is 24.2 Å². The summed E-state index contributed by atoms with van der Waals surface area (Å²) in [6.07, 6.45) is 3.24. The van der Waals surface area contributed by atoms with Crippen molar-refractivity contribution in [2.45, 2.75) is 58.2 Å². The summed E-state index contributed by atoms with van der Waals surface area (Å²) in [5.41, 5.74) is 0.592. The average Bonchev–Trinajstić information content (AvgIpc) is 2.57. The number of carbonyl (C=O) groups is 2. The number of anilines is 1. The fourth-order valence-electron chi connectivity index (χ4n) is 3.48. The van der Waals surface area contributed by atoms with Crippen molar-refractivity contribution in [2.75, 3.05) is 18.9 Å². The van der Waals surface area contributed by atoms with Crippen molar-refractivity contribution in [3.8, 4) is 0 Å². The molecule has 2 amide bonds. The second kappa shape index (κ2) is 9.07. The van der Waals surface area contributed by atoms with Crippen molar-refractivity contribution in [2.24, 2.45) is 0 Å². The molecule has 0 radical (unpaired) electrons. The van der Waals surface area contributed by atoms with Gasteiger partial charge in [-0.2, -0.15) is 0 Å². The van der Waals surface area contributed by atoms with Gasteiger partial charge in [-0.05, 0) is 58.2 Å². The summed E-state index contributed by atoms with van der Waals surface area (Å²) in [5, 5.41) is 3.64. The summed E-state index contributed by atoms with van der Waals surface area (Å²) in [5.74, 6) is -0.0511. The number of likely N-dealkylation sites (N-methyl/N-ethyl adjacent to an activating group) is 1. The van der Waals surface area contributed by atoms with Gasteiger partial charge in [-0.1, -0.05) is 23.2 Å². The Morgan fingerprint density at radius 1 is 1.23 bits per heavy atom. The van der Waals surface area contributed by atoms with Crippen molar-refractivity contribution >= 4 is 40.7 Å². The number of nitrogens with zero attached hydrogens (tertiary/aromatic N) is 1. The highest BCUT2D eigenvalue weighted by Crippen LogP contribution is 2.25. The maximum absolute atomic E-state index is 12.9. The number of carbonyl (C=O) groups excluding carboxylic acids is 2.